The Bertz CT molecular complexity index is 876. The molecule has 2 heterocycles. The molecule has 0 bridgehead atoms. The van der Waals surface area contributed by atoms with Gasteiger partial charge in [0.1, 0.15) is 22.1 Å². The summed E-state index contributed by atoms with van der Waals surface area (Å²) in [6, 6.07) is 6.65. The van der Waals surface area contributed by atoms with Crippen molar-refractivity contribution in [3.8, 4) is 11.5 Å². The Morgan fingerprint density at radius 3 is 2.84 bits per heavy atom. The molecule has 7 heteroatoms. The van der Waals surface area contributed by atoms with Crippen molar-refractivity contribution < 1.29 is 14.3 Å². The van der Waals surface area contributed by atoms with Crippen LogP contribution in [0, 0.1) is 0 Å². The summed E-state index contributed by atoms with van der Waals surface area (Å²) in [5.41, 5.74) is 0.302. The molecule has 1 aliphatic heterocycles. The Balaban J connectivity index is 1.90. The van der Waals surface area contributed by atoms with Crippen LogP contribution in [-0.4, -0.2) is 23.6 Å². The van der Waals surface area contributed by atoms with Crippen LogP contribution in [0.4, 0.5) is 0 Å². The number of H-pyrrole nitrogens is 1. The summed E-state index contributed by atoms with van der Waals surface area (Å²) in [4.78, 5) is 26.4. The molecule has 1 amide bonds. The van der Waals surface area contributed by atoms with E-state index in [4.69, 9.17) is 21.1 Å². The Hall–Kier alpha value is -2.47. The fourth-order valence-corrected chi connectivity index (χ4v) is 3.09. The normalized spacial score (nSPS) is 18.0. The van der Waals surface area contributed by atoms with Crippen molar-refractivity contribution in [2.75, 3.05) is 7.11 Å². The highest BCUT2D eigenvalue weighted by Gasteiger charge is 2.35. The molecule has 1 aromatic heterocycles. The summed E-state index contributed by atoms with van der Waals surface area (Å²) < 4.78 is 11.3. The number of benzene rings is 1. The summed E-state index contributed by atoms with van der Waals surface area (Å²) in [5.74, 6) is 1.05. The number of ether oxygens (including phenoxy) is 2. The summed E-state index contributed by atoms with van der Waals surface area (Å²) in [6.07, 6.45) is 1.96. The van der Waals surface area contributed by atoms with Gasteiger partial charge >= 0.3 is 0 Å². The van der Waals surface area contributed by atoms with Gasteiger partial charge in [-0.15, -0.1) is 0 Å². The van der Waals surface area contributed by atoms with Crippen LogP contribution in [0.1, 0.15) is 42.2 Å². The van der Waals surface area contributed by atoms with E-state index in [0.29, 0.717) is 23.5 Å². The first kappa shape index (κ1) is 17.4. The van der Waals surface area contributed by atoms with Crippen LogP contribution in [0.5, 0.6) is 11.5 Å². The van der Waals surface area contributed by atoms with Gasteiger partial charge in [0.15, 0.2) is 0 Å². The van der Waals surface area contributed by atoms with E-state index < -0.39 is 11.2 Å². The second-order valence-electron chi connectivity index (χ2n) is 6.56. The third-order valence-corrected chi connectivity index (χ3v) is 4.38. The second-order valence-corrected chi connectivity index (χ2v) is 6.97. The van der Waals surface area contributed by atoms with Crippen molar-refractivity contribution in [1.82, 2.24) is 10.3 Å². The van der Waals surface area contributed by atoms with Gasteiger partial charge < -0.3 is 19.8 Å². The quantitative estimate of drug-likeness (QED) is 0.879. The van der Waals surface area contributed by atoms with E-state index in [9.17, 15) is 9.59 Å². The number of carbonyl (C=O) groups is 1. The van der Waals surface area contributed by atoms with E-state index in [0.717, 1.165) is 5.56 Å². The number of carbonyl (C=O) groups excluding carboxylic acids is 1. The van der Waals surface area contributed by atoms with Gasteiger partial charge in [0.25, 0.3) is 11.5 Å². The molecule has 0 aliphatic carbocycles. The molecule has 2 N–H and O–H groups in total. The summed E-state index contributed by atoms with van der Waals surface area (Å²) in [6.45, 7) is 3.93. The topological polar surface area (TPSA) is 80.4 Å². The van der Waals surface area contributed by atoms with Crippen LogP contribution in [0.15, 0.2) is 35.3 Å². The minimum atomic E-state index is -0.444. The van der Waals surface area contributed by atoms with Gasteiger partial charge in [-0.2, -0.15) is 0 Å². The predicted molar refractivity (Wildman–Crippen MR) is 94.6 cm³/mol. The first-order chi connectivity index (χ1) is 11.8. The van der Waals surface area contributed by atoms with Gasteiger partial charge in [0, 0.05) is 24.2 Å². The zero-order valence-electron chi connectivity index (χ0n) is 14.2. The highest BCUT2D eigenvalue weighted by atomic mass is 35.5. The number of hydrogen-bond donors (Lipinski definition) is 2. The van der Waals surface area contributed by atoms with Gasteiger partial charge in [-0.1, -0.05) is 11.6 Å². The van der Waals surface area contributed by atoms with Crippen LogP contribution < -0.4 is 20.3 Å². The number of amides is 1. The number of halogens is 1. The number of aromatic amines is 1. The van der Waals surface area contributed by atoms with E-state index in [1.807, 2.05) is 32.0 Å². The first-order valence-corrected chi connectivity index (χ1v) is 8.23. The lowest BCUT2D eigenvalue weighted by Gasteiger charge is -2.38. The molecule has 0 fully saturated rings. The van der Waals surface area contributed by atoms with E-state index in [1.165, 1.54) is 12.3 Å². The summed E-state index contributed by atoms with van der Waals surface area (Å²) in [7, 11) is 1.59. The van der Waals surface area contributed by atoms with E-state index in [1.54, 1.807) is 7.11 Å². The number of hydrogen-bond acceptors (Lipinski definition) is 4. The van der Waals surface area contributed by atoms with Gasteiger partial charge in [0.2, 0.25) is 0 Å². The standard InChI is InChI=1S/C18H19ClN2O4/c1-18(2)8-14(12-5-4-11(24-3)7-15(12)25-18)21-16(22)10-6-13(19)17(23)20-9-10/h4-7,9,14H,8H2,1-3H3,(H,20,23)(H,21,22)/t14-/m0/s1. The van der Waals surface area contributed by atoms with E-state index in [-0.39, 0.29) is 17.0 Å². The molecule has 0 spiro atoms. The number of pyridine rings is 1. The average molecular weight is 363 g/mol. The Morgan fingerprint density at radius 2 is 2.16 bits per heavy atom. The monoisotopic (exact) mass is 362 g/mol. The largest absolute Gasteiger partial charge is 0.497 e. The van der Waals surface area contributed by atoms with Crippen molar-refractivity contribution in [2.45, 2.75) is 31.9 Å². The van der Waals surface area contributed by atoms with Gasteiger partial charge in [-0.25, -0.2) is 0 Å². The fourth-order valence-electron chi connectivity index (χ4n) is 2.92. The molecule has 1 aromatic carbocycles. The first-order valence-electron chi connectivity index (χ1n) is 7.85. The highest BCUT2D eigenvalue weighted by molar-refractivity contribution is 6.30. The zero-order chi connectivity index (χ0) is 18.2. The van der Waals surface area contributed by atoms with Crippen LogP contribution in [0.3, 0.4) is 0 Å². The maximum atomic E-state index is 12.6. The Morgan fingerprint density at radius 1 is 1.40 bits per heavy atom. The molecule has 0 radical (unpaired) electrons. The molecule has 2 aromatic rings. The third-order valence-electron chi connectivity index (χ3n) is 4.10. The van der Waals surface area contributed by atoms with Crippen molar-refractivity contribution in [1.29, 1.82) is 0 Å². The highest BCUT2D eigenvalue weighted by Crippen LogP contribution is 2.41. The number of fused-ring (bicyclic) bond motifs is 1. The van der Waals surface area contributed by atoms with Crippen molar-refractivity contribution in [2.24, 2.45) is 0 Å². The minimum Gasteiger partial charge on any atom is -0.497 e. The lowest BCUT2D eigenvalue weighted by Crippen LogP contribution is -2.41. The maximum absolute atomic E-state index is 12.6. The van der Waals surface area contributed by atoms with Crippen LogP contribution in [0.25, 0.3) is 0 Å². The third kappa shape index (κ3) is 3.64. The molecular formula is C18H19ClN2O4. The molecule has 25 heavy (non-hydrogen) atoms. The zero-order valence-corrected chi connectivity index (χ0v) is 14.9. The summed E-state index contributed by atoms with van der Waals surface area (Å²) in [5, 5.41) is 2.97. The SMILES string of the molecule is COc1ccc2c(c1)OC(C)(C)C[C@@H]2NC(=O)c1c[nH]c(=O)c(Cl)c1. The molecule has 0 unspecified atom stereocenters. The van der Waals surface area contributed by atoms with Gasteiger partial charge in [-0.3, -0.25) is 9.59 Å². The number of rotatable bonds is 3. The van der Waals surface area contributed by atoms with E-state index >= 15 is 0 Å². The smallest absolute Gasteiger partial charge is 0.266 e. The molecule has 132 valence electrons. The van der Waals surface area contributed by atoms with E-state index in [2.05, 4.69) is 10.3 Å². The van der Waals surface area contributed by atoms with Crippen LogP contribution in [0.2, 0.25) is 5.02 Å². The lowest BCUT2D eigenvalue weighted by atomic mass is 9.89. The van der Waals surface area contributed by atoms with Crippen molar-refractivity contribution in [3.63, 3.8) is 0 Å². The van der Waals surface area contributed by atoms with Crippen molar-refractivity contribution in [3.05, 3.63) is 57.0 Å². The molecule has 1 aliphatic rings. The molecule has 1 atom stereocenters. The molecule has 6 nitrogen and oxygen atoms in total. The Kier molecular flexibility index (Phi) is 4.47. The van der Waals surface area contributed by atoms with Crippen LogP contribution >= 0.6 is 11.6 Å². The number of aromatic nitrogens is 1. The predicted octanol–water partition coefficient (Wildman–Crippen LogP) is 3.07. The van der Waals surface area contributed by atoms with Gasteiger partial charge in [0.05, 0.1) is 18.7 Å². The van der Waals surface area contributed by atoms with Crippen molar-refractivity contribution >= 4 is 17.5 Å². The average Bonchev–Trinajstić information content (AvgIpc) is 2.55. The molecular weight excluding hydrogens is 344 g/mol. The summed E-state index contributed by atoms with van der Waals surface area (Å²) >= 11 is 5.80. The number of methoxy groups -OCH3 is 1. The molecule has 0 saturated heterocycles. The maximum Gasteiger partial charge on any atom is 0.266 e. The minimum absolute atomic E-state index is 0.0231. The molecule has 0 saturated carbocycles. The number of nitrogens with one attached hydrogen (secondary N) is 2. The lowest BCUT2D eigenvalue weighted by molar-refractivity contribution is 0.0617. The Labute approximate surface area is 150 Å². The van der Waals surface area contributed by atoms with Crippen LogP contribution in [-0.2, 0) is 0 Å². The fraction of sp³-hybridized carbons (Fsp3) is 0.333. The molecule has 3 rings (SSSR count). The second kappa shape index (κ2) is 6.44. The van der Waals surface area contributed by atoms with Gasteiger partial charge in [-0.05, 0) is 32.0 Å².